The van der Waals surface area contributed by atoms with Gasteiger partial charge in [0.2, 0.25) is 0 Å². The average molecular weight is 262 g/mol. The molecule has 0 amide bonds. The van der Waals surface area contributed by atoms with E-state index in [4.69, 9.17) is 0 Å². The van der Waals surface area contributed by atoms with Crippen molar-refractivity contribution in [2.75, 3.05) is 0 Å². The minimum Gasteiger partial charge on any atom is -0.348 e. The maximum absolute atomic E-state index is 4.43. The van der Waals surface area contributed by atoms with Gasteiger partial charge in [-0.25, -0.2) is 4.98 Å². The Hall–Kier alpha value is -1.55. The molecule has 74 valence electrons. The van der Waals surface area contributed by atoms with E-state index < -0.39 is 0 Å². The van der Waals surface area contributed by atoms with Crippen molar-refractivity contribution >= 4 is 27.0 Å². The van der Waals surface area contributed by atoms with Crippen molar-refractivity contribution < 1.29 is 0 Å². The lowest BCUT2D eigenvalue weighted by molar-refractivity contribution is 1.00. The number of hydrogen-bond donors (Lipinski definition) is 1. The minimum atomic E-state index is 0.811. The Morgan fingerprint density at radius 2 is 2.00 bits per heavy atom. The van der Waals surface area contributed by atoms with Gasteiger partial charge in [0.05, 0.1) is 11.0 Å². The highest BCUT2D eigenvalue weighted by Gasteiger charge is 2.09. The molecular formula is C11H8BrN3. The minimum absolute atomic E-state index is 0.811. The topological polar surface area (TPSA) is 33.6 Å². The molecule has 1 aromatic carbocycles. The van der Waals surface area contributed by atoms with Crippen LogP contribution in [0, 0.1) is 0 Å². The van der Waals surface area contributed by atoms with E-state index in [1.165, 1.54) is 0 Å². The van der Waals surface area contributed by atoms with E-state index in [0.717, 1.165) is 21.6 Å². The second kappa shape index (κ2) is 3.24. The number of para-hydroxylation sites is 2. The van der Waals surface area contributed by atoms with Gasteiger partial charge in [0.25, 0.3) is 0 Å². The van der Waals surface area contributed by atoms with Crippen molar-refractivity contribution in [3.63, 3.8) is 0 Å². The van der Waals surface area contributed by atoms with Crippen LogP contribution in [-0.4, -0.2) is 14.5 Å². The van der Waals surface area contributed by atoms with Crippen molar-refractivity contribution in [2.24, 2.45) is 0 Å². The van der Waals surface area contributed by atoms with Gasteiger partial charge in [-0.3, -0.25) is 4.57 Å². The number of hydrogen-bond acceptors (Lipinski definition) is 1. The third-order valence-electron chi connectivity index (χ3n) is 2.34. The Morgan fingerprint density at radius 1 is 1.13 bits per heavy atom. The van der Waals surface area contributed by atoms with E-state index in [1.54, 1.807) is 0 Å². The molecule has 0 bridgehead atoms. The zero-order valence-corrected chi connectivity index (χ0v) is 9.40. The summed E-state index contributed by atoms with van der Waals surface area (Å²) >= 11 is 3.46. The van der Waals surface area contributed by atoms with Gasteiger partial charge in [-0.05, 0) is 40.2 Å². The van der Waals surface area contributed by atoms with Crippen LogP contribution in [0.2, 0.25) is 0 Å². The molecular weight excluding hydrogens is 254 g/mol. The second-order valence-electron chi connectivity index (χ2n) is 3.26. The largest absolute Gasteiger partial charge is 0.348 e. The summed E-state index contributed by atoms with van der Waals surface area (Å²) in [5.74, 6) is 1.01. The summed E-state index contributed by atoms with van der Waals surface area (Å²) in [5, 5.41) is 0. The fourth-order valence-corrected chi connectivity index (χ4v) is 2.26. The number of imidazole rings is 1. The lowest BCUT2D eigenvalue weighted by Gasteiger charge is -2.01. The summed E-state index contributed by atoms with van der Waals surface area (Å²) in [6, 6.07) is 12.0. The van der Waals surface area contributed by atoms with Crippen LogP contribution in [0.5, 0.6) is 0 Å². The fraction of sp³-hybridized carbons (Fsp3) is 0. The summed E-state index contributed by atoms with van der Waals surface area (Å²) in [5.41, 5.74) is 2.07. The standard InChI is InChI=1S/C11H8BrN3/c12-11-14-8-4-1-2-5-9(8)15(11)10-6-3-7-13-10/h1-7,13H. The predicted molar refractivity (Wildman–Crippen MR) is 63.1 cm³/mol. The summed E-state index contributed by atoms with van der Waals surface area (Å²) in [4.78, 5) is 7.59. The van der Waals surface area contributed by atoms with E-state index in [2.05, 4.69) is 25.9 Å². The number of nitrogens with one attached hydrogen (secondary N) is 1. The lowest BCUT2D eigenvalue weighted by Crippen LogP contribution is -1.93. The van der Waals surface area contributed by atoms with Gasteiger partial charge in [-0.2, -0.15) is 0 Å². The van der Waals surface area contributed by atoms with Crippen LogP contribution >= 0.6 is 15.9 Å². The molecule has 0 unspecified atom stereocenters. The maximum Gasteiger partial charge on any atom is 0.183 e. The number of aromatic nitrogens is 3. The molecule has 0 saturated heterocycles. The maximum atomic E-state index is 4.43. The van der Waals surface area contributed by atoms with Crippen LogP contribution in [0.4, 0.5) is 0 Å². The average Bonchev–Trinajstić information content (AvgIpc) is 2.82. The zero-order chi connectivity index (χ0) is 10.3. The van der Waals surface area contributed by atoms with E-state index in [-0.39, 0.29) is 0 Å². The summed E-state index contributed by atoms with van der Waals surface area (Å²) in [6.07, 6.45) is 1.90. The molecule has 4 heteroatoms. The summed E-state index contributed by atoms with van der Waals surface area (Å²) < 4.78 is 2.85. The molecule has 0 atom stereocenters. The number of rotatable bonds is 1. The molecule has 0 radical (unpaired) electrons. The molecule has 0 saturated carbocycles. The van der Waals surface area contributed by atoms with Gasteiger partial charge in [-0.15, -0.1) is 0 Å². The third-order valence-corrected chi connectivity index (χ3v) is 2.87. The first kappa shape index (κ1) is 8.73. The van der Waals surface area contributed by atoms with Crippen molar-refractivity contribution in [3.8, 4) is 5.82 Å². The van der Waals surface area contributed by atoms with Crippen LogP contribution in [0.15, 0.2) is 47.3 Å². The van der Waals surface area contributed by atoms with Crippen LogP contribution in [0.3, 0.4) is 0 Å². The van der Waals surface area contributed by atoms with E-state index in [0.29, 0.717) is 0 Å². The van der Waals surface area contributed by atoms with Gasteiger partial charge in [0, 0.05) is 6.20 Å². The Labute approximate surface area is 94.9 Å². The Kier molecular flexibility index (Phi) is 1.89. The molecule has 3 aromatic rings. The molecule has 2 heterocycles. The first-order valence-corrected chi connectivity index (χ1v) is 5.42. The van der Waals surface area contributed by atoms with E-state index >= 15 is 0 Å². The SMILES string of the molecule is Brc1nc2ccccc2n1-c1ccc[nH]1. The molecule has 1 N–H and O–H groups in total. The molecule has 0 spiro atoms. The van der Waals surface area contributed by atoms with Crippen molar-refractivity contribution in [3.05, 3.63) is 47.3 Å². The molecule has 0 fully saturated rings. The highest BCUT2D eigenvalue weighted by atomic mass is 79.9. The first-order valence-electron chi connectivity index (χ1n) is 4.63. The van der Waals surface area contributed by atoms with E-state index in [9.17, 15) is 0 Å². The van der Waals surface area contributed by atoms with Crippen molar-refractivity contribution in [1.82, 2.24) is 14.5 Å². The van der Waals surface area contributed by atoms with Crippen molar-refractivity contribution in [1.29, 1.82) is 0 Å². The molecule has 0 aliphatic heterocycles. The number of fused-ring (bicyclic) bond motifs is 1. The zero-order valence-electron chi connectivity index (χ0n) is 7.81. The quantitative estimate of drug-likeness (QED) is 0.718. The van der Waals surface area contributed by atoms with Gasteiger partial charge >= 0.3 is 0 Å². The molecule has 15 heavy (non-hydrogen) atoms. The highest BCUT2D eigenvalue weighted by Crippen LogP contribution is 2.23. The summed E-state index contributed by atoms with van der Waals surface area (Å²) in [6.45, 7) is 0. The number of H-pyrrole nitrogens is 1. The Balaban J connectivity index is 2.39. The smallest absolute Gasteiger partial charge is 0.183 e. The van der Waals surface area contributed by atoms with Crippen LogP contribution < -0.4 is 0 Å². The number of nitrogens with zero attached hydrogens (tertiary/aromatic N) is 2. The lowest BCUT2D eigenvalue weighted by atomic mass is 10.3. The highest BCUT2D eigenvalue weighted by molar-refractivity contribution is 9.10. The van der Waals surface area contributed by atoms with Gasteiger partial charge in [0.15, 0.2) is 4.73 Å². The predicted octanol–water partition coefficient (Wildman–Crippen LogP) is 3.12. The fourth-order valence-electron chi connectivity index (χ4n) is 1.69. The monoisotopic (exact) mass is 261 g/mol. The molecule has 3 nitrogen and oxygen atoms in total. The molecule has 0 aliphatic rings. The first-order chi connectivity index (χ1) is 7.36. The molecule has 2 aromatic heterocycles. The van der Waals surface area contributed by atoms with Crippen LogP contribution in [-0.2, 0) is 0 Å². The van der Waals surface area contributed by atoms with E-state index in [1.807, 2.05) is 47.2 Å². The van der Waals surface area contributed by atoms with Crippen molar-refractivity contribution in [2.45, 2.75) is 0 Å². The number of benzene rings is 1. The molecule has 3 rings (SSSR count). The van der Waals surface area contributed by atoms with Crippen LogP contribution in [0.25, 0.3) is 16.9 Å². The second-order valence-corrected chi connectivity index (χ2v) is 3.97. The Bertz CT molecular complexity index is 595. The summed E-state index contributed by atoms with van der Waals surface area (Å²) in [7, 11) is 0. The van der Waals surface area contributed by atoms with Crippen LogP contribution in [0.1, 0.15) is 0 Å². The number of aromatic amines is 1. The Morgan fingerprint density at radius 3 is 2.80 bits per heavy atom. The normalized spacial score (nSPS) is 11.0. The van der Waals surface area contributed by atoms with Gasteiger partial charge < -0.3 is 4.98 Å². The third kappa shape index (κ3) is 1.29. The molecule has 0 aliphatic carbocycles. The number of halogens is 1. The van der Waals surface area contributed by atoms with Gasteiger partial charge in [-0.1, -0.05) is 12.1 Å². The van der Waals surface area contributed by atoms with Gasteiger partial charge in [0.1, 0.15) is 5.82 Å².